The van der Waals surface area contributed by atoms with Gasteiger partial charge in [0.2, 0.25) is 0 Å². The summed E-state index contributed by atoms with van der Waals surface area (Å²) in [4.78, 5) is 0. The molecule has 20 heavy (non-hydrogen) atoms. The fourth-order valence-electron chi connectivity index (χ4n) is 2.07. The highest BCUT2D eigenvalue weighted by Crippen LogP contribution is 2.27. The molecule has 0 heterocycles. The molecule has 1 unspecified atom stereocenters. The van der Waals surface area contributed by atoms with E-state index in [1.54, 1.807) is 6.07 Å². The molecule has 0 aliphatic heterocycles. The summed E-state index contributed by atoms with van der Waals surface area (Å²) in [6, 6.07) is 16.1. The van der Waals surface area contributed by atoms with Crippen LogP contribution in [0.4, 0.5) is 0 Å². The van der Waals surface area contributed by atoms with Gasteiger partial charge in [-0.15, -0.1) is 0 Å². The molecule has 3 heteroatoms. The van der Waals surface area contributed by atoms with Gasteiger partial charge in [-0.05, 0) is 37.1 Å². The third-order valence-corrected chi connectivity index (χ3v) is 3.24. The largest absolute Gasteiger partial charge is 0.504 e. The van der Waals surface area contributed by atoms with Gasteiger partial charge in [0.15, 0.2) is 11.5 Å². The molecule has 106 valence electrons. The lowest BCUT2D eigenvalue weighted by Crippen LogP contribution is -2.18. The molecule has 0 amide bonds. The normalized spacial score (nSPS) is 12.1. The van der Waals surface area contributed by atoms with Crippen LogP contribution in [-0.2, 0) is 6.54 Å². The Hall–Kier alpha value is -2.00. The van der Waals surface area contributed by atoms with Crippen LogP contribution in [0.2, 0.25) is 0 Å². The molecule has 2 aromatic rings. The van der Waals surface area contributed by atoms with E-state index in [4.69, 9.17) is 4.74 Å². The van der Waals surface area contributed by atoms with E-state index < -0.39 is 0 Å². The SMILES string of the molecule is CCOc1cc(CNC(C)c2ccccc2)ccc1O. The molecule has 2 rings (SSSR count). The van der Waals surface area contributed by atoms with Crippen LogP contribution in [0.15, 0.2) is 48.5 Å². The number of phenolic OH excluding ortho intramolecular Hbond substituents is 1. The van der Waals surface area contributed by atoms with E-state index in [-0.39, 0.29) is 11.8 Å². The number of ether oxygens (including phenoxy) is 1. The third-order valence-electron chi connectivity index (χ3n) is 3.24. The quantitative estimate of drug-likeness (QED) is 0.842. The van der Waals surface area contributed by atoms with Crippen molar-refractivity contribution < 1.29 is 9.84 Å². The number of hydrogen-bond acceptors (Lipinski definition) is 3. The topological polar surface area (TPSA) is 41.5 Å². The number of rotatable bonds is 6. The summed E-state index contributed by atoms with van der Waals surface area (Å²) in [5, 5.41) is 13.1. The summed E-state index contributed by atoms with van der Waals surface area (Å²) in [7, 11) is 0. The fourth-order valence-corrected chi connectivity index (χ4v) is 2.07. The van der Waals surface area contributed by atoms with E-state index in [2.05, 4.69) is 24.4 Å². The predicted octanol–water partition coefficient (Wildman–Crippen LogP) is 3.64. The van der Waals surface area contributed by atoms with Gasteiger partial charge in [-0.25, -0.2) is 0 Å². The van der Waals surface area contributed by atoms with Crippen molar-refractivity contribution in [2.75, 3.05) is 6.61 Å². The first-order chi connectivity index (χ1) is 9.70. The lowest BCUT2D eigenvalue weighted by Gasteiger charge is -2.15. The molecule has 0 fully saturated rings. The molecule has 0 spiro atoms. The highest BCUT2D eigenvalue weighted by molar-refractivity contribution is 5.41. The van der Waals surface area contributed by atoms with Gasteiger partial charge in [0.05, 0.1) is 6.61 Å². The minimum absolute atomic E-state index is 0.187. The standard InChI is InChI=1S/C17H21NO2/c1-3-20-17-11-14(9-10-16(17)19)12-18-13(2)15-7-5-4-6-8-15/h4-11,13,18-19H,3,12H2,1-2H3. The molecule has 2 aromatic carbocycles. The van der Waals surface area contributed by atoms with Gasteiger partial charge in [0.1, 0.15) is 0 Å². The molecular weight excluding hydrogens is 250 g/mol. The first-order valence-corrected chi connectivity index (χ1v) is 6.93. The van der Waals surface area contributed by atoms with Gasteiger partial charge in [0.25, 0.3) is 0 Å². The van der Waals surface area contributed by atoms with Crippen LogP contribution < -0.4 is 10.1 Å². The van der Waals surface area contributed by atoms with Crippen molar-refractivity contribution in [2.45, 2.75) is 26.4 Å². The van der Waals surface area contributed by atoms with Gasteiger partial charge in [-0.2, -0.15) is 0 Å². The highest BCUT2D eigenvalue weighted by Gasteiger charge is 2.06. The van der Waals surface area contributed by atoms with Crippen LogP contribution in [0.1, 0.15) is 31.0 Å². The van der Waals surface area contributed by atoms with E-state index >= 15 is 0 Å². The van der Waals surface area contributed by atoms with Gasteiger partial charge in [0, 0.05) is 12.6 Å². The van der Waals surface area contributed by atoms with Crippen LogP contribution in [0, 0.1) is 0 Å². The summed E-state index contributed by atoms with van der Waals surface area (Å²) in [6.07, 6.45) is 0. The van der Waals surface area contributed by atoms with Crippen molar-refractivity contribution >= 4 is 0 Å². The van der Waals surface area contributed by atoms with Gasteiger partial charge >= 0.3 is 0 Å². The van der Waals surface area contributed by atoms with Crippen LogP contribution >= 0.6 is 0 Å². The molecule has 0 saturated carbocycles. The second-order valence-electron chi connectivity index (χ2n) is 4.75. The number of phenols is 1. The average Bonchev–Trinajstić information content (AvgIpc) is 2.49. The summed E-state index contributed by atoms with van der Waals surface area (Å²) in [6.45, 7) is 5.32. The van der Waals surface area contributed by atoms with Crippen LogP contribution in [0.5, 0.6) is 11.5 Å². The molecule has 0 radical (unpaired) electrons. The molecular formula is C17H21NO2. The number of aromatic hydroxyl groups is 1. The van der Waals surface area contributed by atoms with Crippen LogP contribution in [0.3, 0.4) is 0 Å². The maximum Gasteiger partial charge on any atom is 0.161 e. The second kappa shape index (κ2) is 6.96. The molecule has 0 aliphatic carbocycles. The van der Waals surface area contributed by atoms with E-state index in [1.807, 2.05) is 37.3 Å². The van der Waals surface area contributed by atoms with Crippen molar-refractivity contribution in [3.63, 3.8) is 0 Å². The Balaban J connectivity index is 1.98. The summed E-state index contributed by atoms with van der Waals surface area (Å²) < 4.78 is 5.39. The third kappa shape index (κ3) is 3.75. The van der Waals surface area contributed by atoms with Gasteiger partial charge in [-0.1, -0.05) is 36.4 Å². The van der Waals surface area contributed by atoms with Crippen molar-refractivity contribution in [2.24, 2.45) is 0 Å². The van der Waals surface area contributed by atoms with E-state index in [9.17, 15) is 5.11 Å². The van der Waals surface area contributed by atoms with Crippen molar-refractivity contribution in [3.05, 3.63) is 59.7 Å². The Labute approximate surface area is 120 Å². The first-order valence-electron chi connectivity index (χ1n) is 6.93. The molecule has 0 saturated heterocycles. The molecule has 0 bridgehead atoms. The van der Waals surface area contributed by atoms with Crippen LogP contribution in [0.25, 0.3) is 0 Å². The van der Waals surface area contributed by atoms with E-state index in [0.29, 0.717) is 12.4 Å². The van der Waals surface area contributed by atoms with Crippen LogP contribution in [-0.4, -0.2) is 11.7 Å². The zero-order valence-corrected chi connectivity index (χ0v) is 12.0. The molecule has 0 aliphatic rings. The minimum atomic E-state index is 0.187. The van der Waals surface area contributed by atoms with E-state index in [0.717, 1.165) is 12.1 Å². The lowest BCUT2D eigenvalue weighted by molar-refractivity contribution is 0.317. The Morgan fingerprint density at radius 2 is 1.90 bits per heavy atom. The maximum atomic E-state index is 9.68. The monoisotopic (exact) mass is 271 g/mol. The molecule has 0 aromatic heterocycles. The Morgan fingerprint density at radius 1 is 1.15 bits per heavy atom. The lowest BCUT2D eigenvalue weighted by atomic mass is 10.1. The Morgan fingerprint density at radius 3 is 2.60 bits per heavy atom. The van der Waals surface area contributed by atoms with Gasteiger partial charge in [-0.3, -0.25) is 0 Å². The smallest absolute Gasteiger partial charge is 0.161 e. The highest BCUT2D eigenvalue weighted by atomic mass is 16.5. The summed E-state index contributed by atoms with van der Waals surface area (Å²) in [5.74, 6) is 0.728. The van der Waals surface area contributed by atoms with E-state index in [1.165, 1.54) is 5.56 Å². The fraction of sp³-hybridized carbons (Fsp3) is 0.294. The number of benzene rings is 2. The minimum Gasteiger partial charge on any atom is -0.504 e. The Kier molecular flexibility index (Phi) is 5.02. The van der Waals surface area contributed by atoms with Crippen molar-refractivity contribution in [3.8, 4) is 11.5 Å². The zero-order chi connectivity index (χ0) is 14.4. The first kappa shape index (κ1) is 14.4. The maximum absolute atomic E-state index is 9.68. The van der Waals surface area contributed by atoms with Crippen molar-refractivity contribution in [1.82, 2.24) is 5.32 Å². The summed E-state index contributed by atoms with van der Waals surface area (Å²) >= 11 is 0. The van der Waals surface area contributed by atoms with Gasteiger partial charge < -0.3 is 15.2 Å². The molecule has 3 nitrogen and oxygen atoms in total. The zero-order valence-electron chi connectivity index (χ0n) is 12.0. The number of nitrogens with one attached hydrogen (secondary N) is 1. The molecule has 2 N–H and O–H groups in total. The second-order valence-corrected chi connectivity index (χ2v) is 4.75. The number of hydrogen-bond donors (Lipinski definition) is 2. The Bertz CT molecular complexity index is 540. The summed E-state index contributed by atoms with van der Waals surface area (Å²) in [5.41, 5.74) is 2.35. The predicted molar refractivity (Wildman–Crippen MR) is 81.0 cm³/mol. The van der Waals surface area contributed by atoms with Crippen molar-refractivity contribution in [1.29, 1.82) is 0 Å². The average molecular weight is 271 g/mol. The molecule has 1 atom stereocenters.